The van der Waals surface area contributed by atoms with Crippen LogP contribution in [0.4, 0.5) is 0 Å². The lowest BCUT2D eigenvalue weighted by atomic mass is 9.85. The topological polar surface area (TPSA) is 61.4 Å². The normalized spacial score (nSPS) is 12.4. The quantitative estimate of drug-likeness (QED) is 0.567. The fourth-order valence-electron chi connectivity index (χ4n) is 3.09. The summed E-state index contributed by atoms with van der Waals surface area (Å²) in [5, 5.41) is 11.4. The van der Waals surface area contributed by atoms with Gasteiger partial charge in [-0.3, -0.25) is 10.2 Å². The monoisotopic (exact) mass is 360 g/mol. The molecule has 0 spiro atoms. The predicted octanol–water partition coefficient (Wildman–Crippen LogP) is 3.17. The molecule has 27 heavy (non-hydrogen) atoms. The zero-order valence-electron chi connectivity index (χ0n) is 15.3. The van der Waals surface area contributed by atoms with Crippen molar-refractivity contribution in [1.82, 2.24) is 10.9 Å². The molecule has 0 bridgehead atoms. The molecule has 1 unspecified atom stereocenters. The highest BCUT2D eigenvalue weighted by Gasteiger charge is 2.39. The molecular weight excluding hydrogens is 336 g/mol. The molecule has 0 saturated heterocycles. The van der Waals surface area contributed by atoms with Gasteiger partial charge in [0.1, 0.15) is 0 Å². The van der Waals surface area contributed by atoms with Gasteiger partial charge in [-0.15, -0.1) is 0 Å². The van der Waals surface area contributed by atoms with E-state index in [1.165, 1.54) is 5.56 Å². The van der Waals surface area contributed by atoms with Gasteiger partial charge in [-0.25, -0.2) is 5.43 Å². The number of nitrogens with one attached hydrogen (secondary N) is 2. The molecule has 3 rings (SSSR count). The lowest BCUT2D eigenvalue weighted by Gasteiger charge is -2.29. The zero-order chi connectivity index (χ0) is 19.1. The first kappa shape index (κ1) is 18.8. The third-order valence-corrected chi connectivity index (χ3v) is 4.53. The van der Waals surface area contributed by atoms with Gasteiger partial charge in [-0.05, 0) is 30.0 Å². The first-order valence-corrected chi connectivity index (χ1v) is 9.04. The number of hydrogen-bond acceptors (Lipinski definition) is 3. The maximum absolute atomic E-state index is 13.0. The molecule has 1 atom stereocenters. The van der Waals surface area contributed by atoms with Gasteiger partial charge in [0.15, 0.2) is 5.60 Å². The lowest BCUT2D eigenvalue weighted by Crippen LogP contribution is -2.53. The van der Waals surface area contributed by atoms with Gasteiger partial charge in [0.25, 0.3) is 5.91 Å². The molecule has 0 aliphatic heterocycles. The van der Waals surface area contributed by atoms with E-state index in [-0.39, 0.29) is 6.04 Å². The molecule has 4 heteroatoms. The van der Waals surface area contributed by atoms with Gasteiger partial charge in [-0.2, -0.15) is 0 Å². The van der Waals surface area contributed by atoms with Crippen LogP contribution >= 0.6 is 0 Å². The number of hydrogen-bond donors (Lipinski definition) is 3. The second-order valence-electron chi connectivity index (χ2n) is 6.63. The van der Waals surface area contributed by atoms with Crippen LogP contribution in [0.5, 0.6) is 0 Å². The summed E-state index contributed by atoms with van der Waals surface area (Å²) in [6.45, 7) is 1.98. The molecule has 1 amide bonds. The largest absolute Gasteiger partial charge is 0.372 e. The van der Waals surface area contributed by atoms with Gasteiger partial charge in [0.2, 0.25) is 0 Å². The molecule has 3 N–H and O–H groups in total. The summed E-state index contributed by atoms with van der Waals surface area (Å²) in [5.41, 5.74) is 6.16. The van der Waals surface area contributed by atoms with Gasteiger partial charge < -0.3 is 5.11 Å². The number of aliphatic hydroxyl groups is 1. The molecular formula is C23H24N2O2. The molecule has 138 valence electrons. The predicted molar refractivity (Wildman–Crippen MR) is 107 cm³/mol. The number of carbonyl (C=O) groups is 1. The van der Waals surface area contributed by atoms with Crippen molar-refractivity contribution in [3.8, 4) is 0 Å². The van der Waals surface area contributed by atoms with Crippen LogP contribution in [0.25, 0.3) is 0 Å². The summed E-state index contributed by atoms with van der Waals surface area (Å²) in [7, 11) is 0. The Kier molecular flexibility index (Phi) is 6.01. The fraction of sp³-hybridized carbons (Fsp3) is 0.174. The Morgan fingerprint density at radius 1 is 0.852 bits per heavy atom. The van der Waals surface area contributed by atoms with Crippen LogP contribution in [0, 0.1) is 0 Å². The molecule has 4 nitrogen and oxygen atoms in total. The van der Waals surface area contributed by atoms with Crippen molar-refractivity contribution < 1.29 is 9.90 Å². The Hall–Kier alpha value is -2.95. The molecule has 0 aliphatic carbocycles. The Bertz CT molecular complexity index is 812. The maximum atomic E-state index is 13.0. The van der Waals surface area contributed by atoms with Crippen molar-refractivity contribution in [3.63, 3.8) is 0 Å². The van der Waals surface area contributed by atoms with E-state index in [1.807, 2.05) is 73.7 Å². The molecule has 0 aliphatic rings. The minimum atomic E-state index is -1.78. The summed E-state index contributed by atoms with van der Waals surface area (Å²) in [4.78, 5) is 13.0. The summed E-state index contributed by atoms with van der Waals surface area (Å²) >= 11 is 0. The van der Waals surface area contributed by atoms with E-state index in [2.05, 4.69) is 10.9 Å². The lowest BCUT2D eigenvalue weighted by molar-refractivity contribution is -0.138. The number of carbonyl (C=O) groups excluding carboxylic acids is 1. The van der Waals surface area contributed by atoms with E-state index >= 15 is 0 Å². The summed E-state index contributed by atoms with van der Waals surface area (Å²) < 4.78 is 0. The van der Waals surface area contributed by atoms with E-state index in [4.69, 9.17) is 0 Å². The van der Waals surface area contributed by atoms with Crippen molar-refractivity contribution in [3.05, 3.63) is 108 Å². The first-order chi connectivity index (χ1) is 13.1. The smallest absolute Gasteiger partial charge is 0.275 e. The third-order valence-electron chi connectivity index (χ3n) is 4.53. The Morgan fingerprint density at radius 3 is 1.78 bits per heavy atom. The van der Waals surface area contributed by atoms with Gasteiger partial charge >= 0.3 is 0 Å². The SMILES string of the molecule is CC(Cc1ccccc1)NNC(=O)C(O)(c1ccccc1)c1ccccc1. The van der Waals surface area contributed by atoms with E-state index in [1.54, 1.807) is 24.3 Å². The van der Waals surface area contributed by atoms with Crippen LogP contribution in [-0.4, -0.2) is 17.1 Å². The second-order valence-corrected chi connectivity index (χ2v) is 6.63. The highest BCUT2D eigenvalue weighted by Crippen LogP contribution is 2.29. The van der Waals surface area contributed by atoms with Crippen LogP contribution in [0.2, 0.25) is 0 Å². The summed E-state index contributed by atoms with van der Waals surface area (Å²) in [6, 6.07) is 28.0. The highest BCUT2D eigenvalue weighted by molar-refractivity contribution is 5.89. The average Bonchev–Trinajstić information content (AvgIpc) is 2.73. The summed E-state index contributed by atoms with van der Waals surface area (Å²) in [6.07, 6.45) is 0.760. The van der Waals surface area contributed by atoms with Crippen molar-refractivity contribution in [1.29, 1.82) is 0 Å². The number of hydrazine groups is 1. The van der Waals surface area contributed by atoms with Gasteiger partial charge in [0, 0.05) is 6.04 Å². The molecule has 0 fully saturated rings. The van der Waals surface area contributed by atoms with Crippen LogP contribution in [0.1, 0.15) is 23.6 Å². The Balaban J connectivity index is 1.76. The molecule has 3 aromatic rings. The van der Waals surface area contributed by atoms with Crippen LogP contribution in [0.3, 0.4) is 0 Å². The van der Waals surface area contributed by atoms with E-state index in [9.17, 15) is 9.90 Å². The molecule has 0 heterocycles. The molecule has 0 radical (unpaired) electrons. The number of benzene rings is 3. The minimum Gasteiger partial charge on any atom is -0.372 e. The van der Waals surface area contributed by atoms with Gasteiger partial charge in [-0.1, -0.05) is 91.0 Å². The molecule has 0 aromatic heterocycles. The highest BCUT2D eigenvalue weighted by atomic mass is 16.3. The first-order valence-electron chi connectivity index (χ1n) is 9.04. The van der Waals surface area contributed by atoms with E-state index < -0.39 is 11.5 Å². The Morgan fingerprint density at radius 2 is 1.30 bits per heavy atom. The Labute approximate surface area is 159 Å². The van der Waals surface area contributed by atoms with E-state index in [0.29, 0.717) is 11.1 Å². The second kappa shape index (κ2) is 8.62. The average molecular weight is 360 g/mol. The maximum Gasteiger partial charge on any atom is 0.275 e. The molecule has 0 saturated carbocycles. The third kappa shape index (κ3) is 4.42. The standard InChI is InChI=1S/C23H24N2O2/c1-18(17-19-11-5-2-6-12-19)24-25-22(26)23(27,20-13-7-3-8-14-20)21-15-9-4-10-16-21/h2-16,18,24,27H,17H2,1H3,(H,25,26). The fourth-order valence-corrected chi connectivity index (χ4v) is 3.09. The summed E-state index contributed by atoms with van der Waals surface area (Å²) in [5.74, 6) is -0.514. The van der Waals surface area contributed by atoms with Crippen LogP contribution in [-0.2, 0) is 16.8 Å². The van der Waals surface area contributed by atoms with Crippen molar-refractivity contribution in [2.75, 3.05) is 0 Å². The molecule has 3 aromatic carbocycles. The minimum absolute atomic E-state index is 0.00662. The van der Waals surface area contributed by atoms with Crippen LogP contribution < -0.4 is 10.9 Å². The van der Waals surface area contributed by atoms with E-state index in [0.717, 1.165) is 6.42 Å². The zero-order valence-corrected chi connectivity index (χ0v) is 15.3. The van der Waals surface area contributed by atoms with Gasteiger partial charge in [0.05, 0.1) is 0 Å². The van der Waals surface area contributed by atoms with Crippen LogP contribution in [0.15, 0.2) is 91.0 Å². The number of amides is 1. The van der Waals surface area contributed by atoms with Crippen molar-refractivity contribution >= 4 is 5.91 Å². The van der Waals surface area contributed by atoms with Crippen molar-refractivity contribution in [2.24, 2.45) is 0 Å². The van der Waals surface area contributed by atoms with Crippen molar-refractivity contribution in [2.45, 2.75) is 25.0 Å². The number of rotatable bonds is 7.